The van der Waals surface area contributed by atoms with Gasteiger partial charge in [-0.25, -0.2) is 0 Å². The monoisotopic (exact) mass is 702 g/mol. The van der Waals surface area contributed by atoms with Gasteiger partial charge in [-0.1, -0.05) is 140 Å². The second kappa shape index (κ2) is 12.6. The lowest BCUT2D eigenvalue weighted by atomic mass is 9.95. The van der Waals surface area contributed by atoms with Crippen LogP contribution in [0, 0.1) is 0 Å². The molecule has 0 radical (unpaired) electrons. The molecule has 2 heterocycles. The summed E-state index contributed by atoms with van der Waals surface area (Å²) < 4.78 is 9.40. The molecule has 55 heavy (non-hydrogen) atoms. The summed E-state index contributed by atoms with van der Waals surface area (Å²) in [5.41, 5.74) is 13.1. The third kappa shape index (κ3) is 5.05. The van der Waals surface area contributed by atoms with Gasteiger partial charge >= 0.3 is 0 Å². The Bertz CT molecular complexity index is 3180. The van der Waals surface area contributed by atoms with E-state index in [-0.39, 0.29) is 0 Å². The van der Waals surface area contributed by atoms with Crippen LogP contribution in [0.15, 0.2) is 211 Å². The highest BCUT2D eigenvalue weighted by atomic mass is 16.3. The number of fused-ring (bicyclic) bond motifs is 8. The Morgan fingerprint density at radius 1 is 0.400 bits per heavy atom. The molecule has 3 heteroatoms. The number of rotatable bonds is 6. The molecule has 9 aromatic carbocycles. The van der Waals surface area contributed by atoms with Crippen LogP contribution >= 0.6 is 0 Å². The van der Waals surface area contributed by atoms with Crippen molar-refractivity contribution in [1.29, 1.82) is 0 Å². The lowest BCUT2D eigenvalue weighted by Gasteiger charge is -2.25. The van der Waals surface area contributed by atoms with E-state index >= 15 is 0 Å². The summed E-state index contributed by atoms with van der Waals surface area (Å²) in [4.78, 5) is 2.33. The molecule has 2 aromatic heterocycles. The first kappa shape index (κ1) is 31.2. The van der Waals surface area contributed by atoms with Gasteiger partial charge in [-0.15, -0.1) is 0 Å². The topological polar surface area (TPSA) is 21.3 Å². The fourth-order valence-electron chi connectivity index (χ4n) is 8.49. The number of aromatic nitrogens is 1. The fraction of sp³-hybridized carbons (Fsp3) is 0. The van der Waals surface area contributed by atoms with E-state index in [1.54, 1.807) is 0 Å². The van der Waals surface area contributed by atoms with Gasteiger partial charge in [-0.3, -0.25) is 0 Å². The van der Waals surface area contributed by atoms with Crippen molar-refractivity contribution in [1.82, 2.24) is 4.57 Å². The highest BCUT2D eigenvalue weighted by Gasteiger charge is 2.22. The van der Waals surface area contributed by atoms with E-state index in [9.17, 15) is 0 Å². The largest absolute Gasteiger partial charge is 0.455 e. The molecule has 0 unspecified atom stereocenters. The summed E-state index contributed by atoms with van der Waals surface area (Å²) in [6.45, 7) is 0. The van der Waals surface area contributed by atoms with Gasteiger partial charge in [-0.05, 0) is 88.6 Å². The van der Waals surface area contributed by atoms with Gasteiger partial charge in [0.15, 0.2) is 0 Å². The van der Waals surface area contributed by atoms with Crippen LogP contribution in [0.5, 0.6) is 0 Å². The van der Waals surface area contributed by atoms with Crippen molar-refractivity contribution in [3.8, 4) is 27.9 Å². The minimum atomic E-state index is 0.861. The second-order valence-corrected chi connectivity index (χ2v) is 14.1. The molecule has 0 N–H and O–H groups in total. The predicted octanol–water partition coefficient (Wildman–Crippen LogP) is 14.6. The van der Waals surface area contributed by atoms with Crippen molar-refractivity contribution in [3.63, 3.8) is 0 Å². The standard InChI is InChI=1S/C52H34N2O/c1-4-15-35(16-5-1)36-27-29-40(30-28-36)53(38-18-6-2-7-19-38)41-31-32-49-47(34-41)50-42-22-11-10-17-37(42)33-46(52(50)55-49)45-25-14-24-44-43-23-12-13-26-48(43)54(51(44)45)39-20-8-3-9-21-39/h1-34H. The van der Waals surface area contributed by atoms with E-state index < -0.39 is 0 Å². The predicted molar refractivity (Wildman–Crippen MR) is 231 cm³/mol. The van der Waals surface area contributed by atoms with Crippen molar-refractivity contribution >= 4 is 71.6 Å². The maximum atomic E-state index is 7.00. The molecule has 0 bridgehead atoms. The summed E-state index contributed by atoms with van der Waals surface area (Å²) in [7, 11) is 0. The van der Waals surface area contributed by atoms with Crippen molar-refractivity contribution in [2.75, 3.05) is 4.90 Å². The summed E-state index contributed by atoms with van der Waals surface area (Å²) in [5, 5.41) is 7.00. The zero-order valence-electron chi connectivity index (χ0n) is 29.9. The highest BCUT2D eigenvalue weighted by Crippen LogP contribution is 2.46. The molecule has 0 saturated heterocycles. The Balaban J connectivity index is 1.16. The van der Waals surface area contributed by atoms with E-state index in [2.05, 4.69) is 216 Å². The fourth-order valence-corrected chi connectivity index (χ4v) is 8.49. The molecule has 0 atom stereocenters. The number of nitrogens with zero attached hydrogens (tertiary/aromatic N) is 2. The highest BCUT2D eigenvalue weighted by molar-refractivity contribution is 6.25. The van der Waals surface area contributed by atoms with Gasteiger partial charge in [0.05, 0.1) is 11.0 Å². The van der Waals surface area contributed by atoms with Crippen LogP contribution in [0.2, 0.25) is 0 Å². The average Bonchev–Trinajstić information content (AvgIpc) is 3.81. The molecular weight excluding hydrogens is 669 g/mol. The van der Waals surface area contributed by atoms with Gasteiger partial charge in [0, 0.05) is 55.4 Å². The first-order valence-electron chi connectivity index (χ1n) is 18.8. The molecule has 0 amide bonds. The molecule has 0 saturated carbocycles. The molecule has 258 valence electrons. The normalized spacial score (nSPS) is 11.6. The van der Waals surface area contributed by atoms with Gasteiger partial charge < -0.3 is 13.9 Å². The van der Waals surface area contributed by atoms with Crippen LogP contribution in [-0.4, -0.2) is 4.57 Å². The summed E-state index contributed by atoms with van der Waals surface area (Å²) in [6, 6.07) is 73.7. The van der Waals surface area contributed by atoms with E-state index in [0.29, 0.717) is 0 Å². The van der Waals surface area contributed by atoms with Crippen LogP contribution in [0.25, 0.3) is 82.5 Å². The average molecular weight is 703 g/mol. The van der Waals surface area contributed by atoms with Crippen LogP contribution in [-0.2, 0) is 0 Å². The Morgan fingerprint density at radius 3 is 1.82 bits per heavy atom. The van der Waals surface area contributed by atoms with Crippen molar-refractivity contribution in [2.45, 2.75) is 0 Å². The zero-order valence-corrected chi connectivity index (χ0v) is 29.9. The lowest BCUT2D eigenvalue weighted by molar-refractivity contribution is 0.670. The van der Waals surface area contributed by atoms with Gasteiger partial charge in [0.2, 0.25) is 0 Å². The second-order valence-electron chi connectivity index (χ2n) is 14.1. The minimum absolute atomic E-state index is 0.861. The van der Waals surface area contributed by atoms with Crippen LogP contribution in [0.1, 0.15) is 0 Å². The Kier molecular flexibility index (Phi) is 7.17. The molecule has 11 aromatic rings. The quantitative estimate of drug-likeness (QED) is 0.172. The smallest absolute Gasteiger partial charge is 0.143 e. The Hall–Kier alpha value is -7.36. The van der Waals surface area contributed by atoms with Crippen LogP contribution < -0.4 is 4.90 Å². The molecule has 0 fully saturated rings. The summed E-state index contributed by atoms with van der Waals surface area (Å²) in [6.07, 6.45) is 0. The summed E-state index contributed by atoms with van der Waals surface area (Å²) >= 11 is 0. The number of anilines is 3. The minimum Gasteiger partial charge on any atom is -0.455 e. The van der Waals surface area contributed by atoms with E-state index in [0.717, 1.165) is 55.8 Å². The van der Waals surface area contributed by atoms with E-state index in [1.807, 2.05) is 0 Å². The van der Waals surface area contributed by atoms with Gasteiger partial charge in [-0.2, -0.15) is 0 Å². The van der Waals surface area contributed by atoms with Crippen molar-refractivity contribution < 1.29 is 4.42 Å². The van der Waals surface area contributed by atoms with Gasteiger partial charge in [0.1, 0.15) is 11.2 Å². The lowest BCUT2D eigenvalue weighted by Crippen LogP contribution is -2.09. The number of furan rings is 1. The SMILES string of the molecule is c1ccc(-c2ccc(N(c3ccccc3)c3ccc4oc5c(-c6cccc7c8ccccc8n(-c8ccccc8)c67)cc6ccccc6c5c4c3)cc2)cc1. The Morgan fingerprint density at radius 2 is 1.02 bits per heavy atom. The molecule has 11 rings (SSSR count). The van der Waals surface area contributed by atoms with Crippen molar-refractivity contribution in [2.24, 2.45) is 0 Å². The maximum Gasteiger partial charge on any atom is 0.143 e. The van der Waals surface area contributed by atoms with E-state index in [4.69, 9.17) is 4.42 Å². The van der Waals surface area contributed by atoms with Crippen LogP contribution in [0.3, 0.4) is 0 Å². The summed E-state index contributed by atoms with van der Waals surface area (Å²) in [5.74, 6) is 0. The first-order chi connectivity index (χ1) is 27.3. The first-order valence-corrected chi connectivity index (χ1v) is 18.8. The molecular formula is C52H34N2O. The van der Waals surface area contributed by atoms with Crippen LogP contribution in [0.4, 0.5) is 17.1 Å². The molecule has 0 aliphatic heterocycles. The zero-order chi connectivity index (χ0) is 36.3. The number of hydrogen-bond donors (Lipinski definition) is 0. The Labute approximate surface area is 318 Å². The molecule has 0 aliphatic rings. The number of benzene rings is 9. The van der Waals surface area contributed by atoms with Crippen molar-refractivity contribution in [3.05, 3.63) is 206 Å². The number of hydrogen-bond acceptors (Lipinski definition) is 2. The third-order valence-corrected chi connectivity index (χ3v) is 11.0. The molecule has 3 nitrogen and oxygen atoms in total. The van der Waals surface area contributed by atoms with E-state index in [1.165, 1.54) is 43.7 Å². The number of para-hydroxylation sites is 4. The molecule has 0 spiro atoms. The maximum absolute atomic E-state index is 7.00. The van der Waals surface area contributed by atoms with Gasteiger partial charge in [0.25, 0.3) is 0 Å². The molecule has 0 aliphatic carbocycles. The third-order valence-electron chi connectivity index (χ3n) is 11.0.